The van der Waals surface area contributed by atoms with Gasteiger partial charge in [0.2, 0.25) is 24.1 Å². The van der Waals surface area contributed by atoms with Crippen LogP contribution in [-0.2, 0) is 33.3 Å². The summed E-state index contributed by atoms with van der Waals surface area (Å²) in [6, 6.07) is 11.4. The van der Waals surface area contributed by atoms with Crippen molar-refractivity contribution in [1.82, 2.24) is 0 Å². The Hall–Kier alpha value is -6.50. The minimum atomic E-state index is -1.99. The fraction of sp³-hybridized carbons (Fsp3) is 0.350. The van der Waals surface area contributed by atoms with Crippen LogP contribution in [-0.4, -0.2) is 156 Å². The van der Waals surface area contributed by atoms with E-state index in [4.69, 9.17) is 42.7 Å². The van der Waals surface area contributed by atoms with Crippen LogP contribution in [0.5, 0.6) is 40.2 Å². The summed E-state index contributed by atoms with van der Waals surface area (Å²) in [5, 5.41) is 114. The van der Waals surface area contributed by atoms with Gasteiger partial charge in [0.1, 0.15) is 91.1 Å². The van der Waals surface area contributed by atoms with Gasteiger partial charge in [0.05, 0.1) is 18.7 Å². The largest absolute Gasteiger partial charge is 0.508 e. The Morgan fingerprint density at radius 1 is 0.694 bits per heavy atom. The van der Waals surface area contributed by atoms with Gasteiger partial charge in [-0.1, -0.05) is 12.1 Å². The number of fused-ring (bicyclic) bond motifs is 1. The van der Waals surface area contributed by atoms with Crippen LogP contribution in [0.2, 0.25) is 0 Å². The summed E-state index contributed by atoms with van der Waals surface area (Å²) < 4.78 is 44.6. The molecule has 62 heavy (non-hydrogen) atoms. The summed E-state index contributed by atoms with van der Waals surface area (Å²) in [6.45, 7) is -1.44. The number of rotatable bonds is 14. The lowest BCUT2D eigenvalue weighted by molar-refractivity contribution is -0.278. The van der Waals surface area contributed by atoms with Crippen molar-refractivity contribution < 1.29 is 108 Å². The van der Waals surface area contributed by atoms with E-state index >= 15 is 0 Å². The van der Waals surface area contributed by atoms with Gasteiger partial charge >= 0.3 is 29.3 Å². The lowest BCUT2D eigenvalue weighted by atomic mass is 9.99. The van der Waals surface area contributed by atoms with Gasteiger partial charge in [0.25, 0.3) is 0 Å². The molecule has 6 rings (SSSR count). The third-order valence-electron chi connectivity index (χ3n) is 9.56. The monoisotopic (exact) mass is 873 g/mol. The van der Waals surface area contributed by atoms with E-state index in [-0.39, 0.29) is 45.3 Å². The number of aliphatic hydroxyl groups excluding tert-OH is 6. The average molecular weight is 874 g/mol. The van der Waals surface area contributed by atoms with Gasteiger partial charge in [0, 0.05) is 30.3 Å². The van der Waals surface area contributed by atoms with E-state index < -0.39 is 116 Å². The minimum absolute atomic E-state index is 0.00843. The number of aromatic hydroxyl groups is 4. The highest BCUT2D eigenvalue weighted by atomic mass is 16.7. The summed E-state index contributed by atoms with van der Waals surface area (Å²) in [4.78, 5) is 35.2. The lowest BCUT2D eigenvalue weighted by Gasteiger charge is -2.40. The predicted molar refractivity (Wildman–Crippen MR) is 204 cm³/mol. The van der Waals surface area contributed by atoms with Crippen molar-refractivity contribution in [2.75, 3.05) is 20.3 Å². The van der Waals surface area contributed by atoms with Gasteiger partial charge < -0.3 is 89.3 Å². The number of esters is 2. The molecule has 2 aliphatic rings. The second kappa shape index (κ2) is 19.0. The number of hydrogen-bond acceptors (Lipinski definition) is 20. The number of aliphatic hydroxyl groups is 6. The molecule has 0 aliphatic carbocycles. The van der Waals surface area contributed by atoms with Crippen molar-refractivity contribution in [3.05, 3.63) is 66.2 Å². The summed E-state index contributed by atoms with van der Waals surface area (Å²) >= 11 is 0. The summed E-state index contributed by atoms with van der Waals surface area (Å²) in [7, 11) is 1.19. The minimum Gasteiger partial charge on any atom is -0.508 e. The Morgan fingerprint density at radius 2 is 1.29 bits per heavy atom. The Morgan fingerprint density at radius 3 is 1.89 bits per heavy atom. The van der Waals surface area contributed by atoms with Gasteiger partial charge in [-0.15, -0.1) is 0 Å². The number of ether oxygens (including phenoxy) is 7. The van der Waals surface area contributed by atoms with Crippen LogP contribution in [0.15, 0.2) is 65.1 Å². The molecule has 0 saturated carbocycles. The zero-order valence-corrected chi connectivity index (χ0v) is 32.2. The molecule has 22 nitrogen and oxygen atoms in total. The number of hydrogen-bond donors (Lipinski definition) is 11. The lowest BCUT2D eigenvalue weighted by Crippen LogP contribution is -2.60. The third kappa shape index (κ3) is 10.2. The summed E-state index contributed by atoms with van der Waals surface area (Å²) in [5.41, 5.74) is 0.283. The van der Waals surface area contributed by atoms with Crippen molar-refractivity contribution in [3.8, 4) is 51.6 Å². The Labute approximate surface area is 348 Å². The van der Waals surface area contributed by atoms with Gasteiger partial charge in [-0.2, -0.15) is 0 Å². The van der Waals surface area contributed by atoms with Crippen molar-refractivity contribution in [1.29, 1.82) is 0 Å². The van der Waals surface area contributed by atoms with E-state index in [2.05, 4.69) is 0 Å². The Balaban J connectivity index is 1.33. The molecule has 332 valence electrons. The first kappa shape index (κ1) is 45.0. The van der Waals surface area contributed by atoms with Gasteiger partial charge in [0.15, 0.2) is 11.5 Å². The molecule has 4 aromatic rings. The molecule has 2 aliphatic heterocycles. The first-order valence-corrected chi connectivity index (χ1v) is 18.4. The van der Waals surface area contributed by atoms with Crippen LogP contribution in [0.4, 0.5) is 0 Å². The number of carboxylic acid groups (broad SMARTS) is 1. The normalized spacial score (nSPS) is 26.2. The van der Waals surface area contributed by atoms with E-state index in [9.17, 15) is 65.4 Å². The standard InChI is InChI=1S/C40H40O22/c1-55-24-9-17(8-21(43)31(24)48)38-25(60-40-37(54)35(52)32(49)26(62-40)14-56-29(46)7-4-16-2-5-18(41)6-3-16)12-20-22(58-38)10-19(42)11-23(20)59-39-36(53)34(51)33(50)27(61-39)15-57-30(47)13-28(44)45/h2-12,26-27,32-37,39-40,49-54H,13-15H2,1H3,(H4-,41,42,43,44,45,46,48)/p+1. The van der Waals surface area contributed by atoms with Crippen molar-refractivity contribution in [2.45, 2.75) is 67.8 Å². The Bertz CT molecular complexity index is 2300. The summed E-state index contributed by atoms with van der Waals surface area (Å²) in [6.07, 6.45) is -17.0. The van der Waals surface area contributed by atoms with Crippen LogP contribution in [0.25, 0.3) is 28.4 Å². The second-order valence-corrected chi connectivity index (χ2v) is 13.9. The number of carbonyl (C=O) groups excluding carboxylic acids is 2. The average Bonchev–Trinajstić information content (AvgIpc) is 3.23. The molecule has 22 heteroatoms. The molecule has 3 aromatic carbocycles. The fourth-order valence-electron chi connectivity index (χ4n) is 6.30. The zero-order valence-electron chi connectivity index (χ0n) is 32.2. The van der Waals surface area contributed by atoms with Crippen LogP contribution >= 0.6 is 0 Å². The number of carbonyl (C=O) groups is 3. The first-order chi connectivity index (χ1) is 29.4. The SMILES string of the molecule is COc1cc(-c2[o+]c3cc(O)cc(OC4OC(COC(=O)CC(=O)O)C(O)C(O)C4O)c3cc2OC2OC(COC(=O)C=Cc3ccc(O)cc3)C(O)C(O)C2O)cc(O)c1O. The molecule has 0 radical (unpaired) electrons. The van der Waals surface area contributed by atoms with Crippen LogP contribution < -0.4 is 14.2 Å². The molecule has 0 spiro atoms. The van der Waals surface area contributed by atoms with Crippen molar-refractivity contribution in [2.24, 2.45) is 0 Å². The van der Waals surface area contributed by atoms with Crippen molar-refractivity contribution >= 4 is 35.0 Å². The maximum atomic E-state index is 12.5. The highest BCUT2D eigenvalue weighted by Crippen LogP contribution is 2.46. The van der Waals surface area contributed by atoms with Gasteiger partial charge in [-0.25, -0.2) is 9.21 Å². The van der Waals surface area contributed by atoms with Crippen molar-refractivity contribution in [3.63, 3.8) is 0 Å². The molecule has 11 N–H and O–H groups in total. The molecule has 2 saturated heterocycles. The smallest absolute Gasteiger partial charge is 0.402 e. The first-order valence-electron chi connectivity index (χ1n) is 18.4. The van der Waals surface area contributed by atoms with Crippen LogP contribution in [0.3, 0.4) is 0 Å². The molecular formula is C40H41O22+. The van der Waals surface area contributed by atoms with E-state index in [1.807, 2.05) is 0 Å². The molecule has 2 fully saturated rings. The highest BCUT2D eigenvalue weighted by molar-refractivity contribution is 5.90. The van der Waals surface area contributed by atoms with Gasteiger partial charge in [-0.3, -0.25) is 9.59 Å². The predicted octanol–water partition coefficient (Wildman–Crippen LogP) is -0.141. The number of benzene rings is 3. The molecule has 10 atom stereocenters. The molecule has 10 unspecified atom stereocenters. The maximum absolute atomic E-state index is 12.5. The van der Waals surface area contributed by atoms with E-state index in [0.717, 1.165) is 24.3 Å². The van der Waals surface area contributed by atoms with E-state index in [1.165, 1.54) is 49.6 Å². The molecular weight excluding hydrogens is 832 g/mol. The maximum Gasteiger partial charge on any atom is 0.402 e. The summed E-state index contributed by atoms with van der Waals surface area (Å²) in [5.74, 6) is -6.73. The Kier molecular flexibility index (Phi) is 13.8. The molecule has 0 bridgehead atoms. The molecule has 0 amide bonds. The number of phenols is 4. The third-order valence-corrected chi connectivity index (χ3v) is 9.56. The fourth-order valence-corrected chi connectivity index (χ4v) is 6.30. The van der Waals surface area contributed by atoms with Gasteiger partial charge in [-0.05, 0) is 23.8 Å². The molecule has 1 aromatic heterocycles. The number of aliphatic carboxylic acids is 1. The number of methoxy groups -OCH3 is 1. The van der Waals surface area contributed by atoms with E-state index in [0.29, 0.717) is 5.56 Å². The zero-order chi connectivity index (χ0) is 45.0. The van der Waals surface area contributed by atoms with Crippen LogP contribution in [0.1, 0.15) is 12.0 Å². The van der Waals surface area contributed by atoms with Crippen LogP contribution in [0, 0.1) is 0 Å². The quantitative estimate of drug-likeness (QED) is 0.0258. The molecule has 3 heterocycles. The highest BCUT2D eigenvalue weighted by Gasteiger charge is 2.48. The second-order valence-electron chi connectivity index (χ2n) is 13.9. The topological polar surface area (TPSA) is 350 Å². The number of phenolic OH excluding ortho intramolecular Hbond substituents is 4. The number of carboxylic acids is 1. The van der Waals surface area contributed by atoms with E-state index in [1.54, 1.807) is 0 Å².